The highest BCUT2D eigenvalue weighted by Crippen LogP contribution is 2.29. The summed E-state index contributed by atoms with van der Waals surface area (Å²) in [6.45, 7) is 1.35. The molecule has 9 nitrogen and oxygen atoms in total. The number of nitrogens with zero attached hydrogens (tertiary/aromatic N) is 4. The van der Waals surface area contributed by atoms with Crippen molar-refractivity contribution in [1.29, 1.82) is 0 Å². The van der Waals surface area contributed by atoms with E-state index in [4.69, 9.17) is 5.73 Å². The van der Waals surface area contributed by atoms with Gasteiger partial charge in [0, 0.05) is 6.92 Å². The van der Waals surface area contributed by atoms with Crippen LogP contribution in [0.2, 0.25) is 0 Å². The molecule has 2 aromatic rings. The maximum absolute atomic E-state index is 12.7. The lowest BCUT2D eigenvalue weighted by molar-refractivity contribution is -0.117. The van der Waals surface area contributed by atoms with Crippen molar-refractivity contribution in [2.45, 2.75) is 17.3 Å². The molecule has 0 spiro atoms. The fourth-order valence-corrected chi connectivity index (χ4v) is 2.86. The molecule has 4 N–H and O–H groups in total. The number of amidine groups is 1. The first-order valence-electron chi connectivity index (χ1n) is 6.64. The Hall–Kier alpha value is -2.88. The maximum atomic E-state index is 12.7. The molecule has 118 valence electrons. The number of hydrogen-bond donors (Lipinski definition) is 3. The van der Waals surface area contributed by atoms with Crippen LogP contribution in [0.3, 0.4) is 0 Å². The molecule has 1 aliphatic rings. The lowest BCUT2D eigenvalue weighted by Gasteiger charge is -2.12. The fraction of sp³-hybridized carbons (Fsp3) is 0.154. The molecule has 1 aliphatic heterocycles. The van der Waals surface area contributed by atoms with Crippen LogP contribution < -0.4 is 16.1 Å². The second kappa shape index (κ2) is 6.08. The number of nitrogen functional groups attached to an aromatic ring is 1. The third-order valence-electron chi connectivity index (χ3n) is 2.90. The van der Waals surface area contributed by atoms with Crippen molar-refractivity contribution >= 4 is 41.0 Å². The Labute approximate surface area is 135 Å². The monoisotopic (exact) mass is 331 g/mol. The standard InChI is InChI=1S/C13H13N7O2S/c1-7(21)15-10-9(23-13-16-12(14)17-18-13)11(22)20(19-10)8-5-3-2-4-6-8/h2-6,9H,1H3,(H,15,19,21)(H3,14,16,17,18)/t9-/m0/s1. The first kappa shape index (κ1) is 15.0. The van der Waals surface area contributed by atoms with E-state index in [0.29, 0.717) is 10.8 Å². The van der Waals surface area contributed by atoms with Crippen molar-refractivity contribution in [3.8, 4) is 0 Å². The zero-order valence-corrected chi connectivity index (χ0v) is 12.9. The largest absolute Gasteiger partial charge is 0.368 e. The smallest absolute Gasteiger partial charge is 0.268 e. The average molecular weight is 331 g/mol. The van der Waals surface area contributed by atoms with Gasteiger partial charge < -0.3 is 11.1 Å². The quantitative estimate of drug-likeness (QED) is 0.744. The van der Waals surface area contributed by atoms with Gasteiger partial charge >= 0.3 is 0 Å². The van der Waals surface area contributed by atoms with Crippen LogP contribution in [0.5, 0.6) is 0 Å². The van der Waals surface area contributed by atoms with Gasteiger partial charge in [-0.05, 0) is 12.1 Å². The summed E-state index contributed by atoms with van der Waals surface area (Å²) in [7, 11) is 0. The number of nitrogens with two attached hydrogens (primary N) is 1. The number of benzene rings is 1. The van der Waals surface area contributed by atoms with Crippen LogP contribution in [-0.4, -0.2) is 38.1 Å². The number of rotatable bonds is 3. The summed E-state index contributed by atoms with van der Waals surface area (Å²) < 4.78 is 0. The Morgan fingerprint density at radius 3 is 2.74 bits per heavy atom. The molecule has 0 saturated heterocycles. The molecule has 0 unspecified atom stereocenters. The molecule has 0 bridgehead atoms. The minimum atomic E-state index is -0.755. The van der Waals surface area contributed by atoms with Crippen molar-refractivity contribution in [3.63, 3.8) is 0 Å². The van der Waals surface area contributed by atoms with Gasteiger partial charge in [0.25, 0.3) is 5.91 Å². The Balaban J connectivity index is 1.89. The first-order valence-corrected chi connectivity index (χ1v) is 7.52. The number of carbonyl (C=O) groups is 2. The summed E-state index contributed by atoms with van der Waals surface area (Å²) in [4.78, 5) is 28.0. The van der Waals surface area contributed by atoms with E-state index in [1.807, 2.05) is 6.07 Å². The highest BCUT2D eigenvalue weighted by molar-refractivity contribution is 8.01. The molecule has 0 aliphatic carbocycles. The maximum Gasteiger partial charge on any atom is 0.268 e. The molecular formula is C13H13N7O2S. The van der Waals surface area contributed by atoms with Gasteiger partial charge in [-0.1, -0.05) is 30.0 Å². The molecule has 1 atom stereocenters. The zero-order chi connectivity index (χ0) is 16.4. The number of amides is 2. The number of H-pyrrole nitrogens is 1. The van der Waals surface area contributed by atoms with Crippen molar-refractivity contribution < 1.29 is 9.59 Å². The zero-order valence-electron chi connectivity index (χ0n) is 12.1. The van der Waals surface area contributed by atoms with E-state index in [-0.39, 0.29) is 23.6 Å². The van der Waals surface area contributed by atoms with Crippen LogP contribution in [0, 0.1) is 0 Å². The van der Waals surface area contributed by atoms with E-state index < -0.39 is 5.25 Å². The van der Waals surface area contributed by atoms with Crippen molar-refractivity contribution in [2.75, 3.05) is 10.7 Å². The predicted octanol–water partition coefficient (Wildman–Crippen LogP) is 0.344. The van der Waals surface area contributed by atoms with E-state index in [1.54, 1.807) is 24.3 Å². The third-order valence-corrected chi connectivity index (χ3v) is 3.95. The minimum Gasteiger partial charge on any atom is -0.368 e. The third kappa shape index (κ3) is 3.16. The van der Waals surface area contributed by atoms with Crippen molar-refractivity contribution in [1.82, 2.24) is 20.5 Å². The Kier molecular flexibility index (Phi) is 3.98. The lowest BCUT2D eigenvalue weighted by atomic mass is 10.3. The number of nitrogens with one attached hydrogen (secondary N) is 2. The van der Waals surface area contributed by atoms with E-state index >= 15 is 0 Å². The van der Waals surface area contributed by atoms with E-state index in [2.05, 4.69) is 25.6 Å². The number of aromatic amines is 1. The van der Waals surface area contributed by atoms with E-state index in [0.717, 1.165) is 11.8 Å². The van der Waals surface area contributed by atoms with Gasteiger partial charge in [0.2, 0.25) is 17.0 Å². The second-order valence-electron chi connectivity index (χ2n) is 4.65. The molecule has 2 amide bonds. The van der Waals surface area contributed by atoms with Gasteiger partial charge in [-0.3, -0.25) is 9.59 Å². The Bertz CT molecular complexity index is 774. The second-order valence-corrected chi connectivity index (χ2v) is 5.73. The summed E-state index contributed by atoms with van der Waals surface area (Å²) in [5, 5.41) is 14.0. The topological polar surface area (TPSA) is 129 Å². The number of hydrogen-bond acceptors (Lipinski definition) is 7. The van der Waals surface area contributed by atoms with Crippen LogP contribution >= 0.6 is 11.8 Å². The van der Waals surface area contributed by atoms with E-state index in [1.165, 1.54) is 11.9 Å². The van der Waals surface area contributed by atoms with Crippen LogP contribution in [-0.2, 0) is 9.59 Å². The van der Waals surface area contributed by atoms with Crippen LogP contribution in [0.25, 0.3) is 0 Å². The molecule has 23 heavy (non-hydrogen) atoms. The first-order chi connectivity index (χ1) is 11.0. The summed E-state index contributed by atoms with van der Waals surface area (Å²) in [5.74, 6) is -0.226. The minimum absolute atomic E-state index is 0.149. The SMILES string of the molecule is CC(=O)NC1=NN(c2ccccc2)C(=O)[C@H]1Sc1n[nH]c(N)n1. The Morgan fingerprint density at radius 2 is 2.13 bits per heavy atom. The van der Waals surface area contributed by atoms with Crippen LogP contribution in [0.15, 0.2) is 40.6 Å². The van der Waals surface area contributed by atoms with Crippen molar-refractivity contribution in [3.05, 3.63) is 30.3 Å². The number of thioether (sulfide) groups is 1. The number of para-hydroxylation sites is 1. The molecule has 3 rings (SSSR count). The molecule has 1 aromatic carbocycles. The molecule has 10 heteroatoms. The highest BCUT2D eigenvalue weighted by atomic mass is 32.2. The molecular weight excluding hydrogens is 318 g/mol. The summed E-state index contributed by atoms with van der Waals surface area (Å²) in [6.07, 6.45) is 0. The molecule has 0 saturated carbocycles. The fourth-order valence-electron chi connectivity index (χ4n) is 1.99. The van der Waals surface area contributed by atoms with Crippen LogP contribution in [0.4, 0.5) is 11.6 Å². The van der Waals surface area contributed by atoms with Gasteiger partial charge in [0.1, 0.15) is 0 Å². The van der Waals surface area contributed by atoms with Crippen molar-refractivity contribution in [2.24, 2.45) is 5.10 Å². The normalized spacial score (nSPS) is 17.3. The van der Waals surface area contributed by atoms with Crippen LogP contribution in [0.1, 0.15) is 6.92 Å². The number of hydrazone groups is 1. The van der Waals surface area contributed by atoms with Gasteiger partial charge in [-0.15, -0.1) is 10.2 Å². The predicted molar refractivity (Wildman–Crippen MR) is 85.6 cm³/mol. The molecule has 0 radical (unpaired) electrons. The summed E-state index contributed by atoms with van der Waals surface area (Å²) in [6, 6.07) is 8.94. The Morgan fingerprint density at radius 1 is 1.39 bits per heavy atom. The number of aromatic nitrogens is 3. The van der Waals surface area contributed by atoms with Gasteiger partial charge in [-0.25, -0.2) is 5.10 Å². The lowest BCUT2D eigenvalue weighted by Crippen LogP contribution is -2.37. The highest BCUT2D eigenvalue weighted by Gasteiger charge is 2.39. The summed E-state index contributed by atoms with van der Waals surface area (Å²) in [5.41, 5.74) is 6.09. The number of anilines is 2. The molecule has 0 fully saturated rings. The molecule has 2 heterocycles. The van der Waals surface area contributed by atoms with E-state index in [9.17, 15) is 9.59 Å². The average Bonchev–Trinajstić information content (AvgIpc) is 3.06. The summed E-state index contributed by atoms with van der Waals surface area (Å²) >= 11 is 1.06. The van der Waals surface area contributed by atoms with Gasteiger partial charge in [0.15, 0.2) is 11.1 Å². The van der Waals surface area contributed by atoms with Gasteiger partial charge in [-0.2, -0.15) is 9.99 Å². The van der Waals surface area contributed by atoms with Gasteiger partial charge in [0.05, 0.1) is 5.69 Å². The number of carbonyl (C=O) groups excluding carboxylic acids is 2. The molecule has 1 aromatic heterocycles.